The number of hydrogen-bond donors (Lipinski definition) is 0. The molecule has 0 aliphatic heterocycles. The second-order valence-corrected chi connectivity index (χ2v) is 5.49. The zero-order chi connectivity index (χ0) is 13.5. The first kappa shape index (κ1) is 11.6. The van der Waals surface area contributed by atoms with Crippen molar-refractivity contribution in [2.45, 2.75) is 0 Å². The van der Waals surface area contributed by atoms with Gasteiger partial charge in [-0.15, -0.1) is 0 Å². The first-order valence-corrected chi connectivity index (χ1v) is 7.09. The fourth-order valence-electron chi connectivity index (χ4n) is 2.57. The average molecular weight is 324 g/mol. The van der Waals surface area contributed by atoms with E-state index in [9.17, 15) is 0 Å². The van der Waals surface area contributed by atoms with Gasteiger partial charge in [-0.1, -0.05) is 22.0 Å². The van der Waals surface area contributed by atoms with E-state index in [-0.39, 0.29) is 0 Å². The van der Waals surface area contributed by atoms with Crippen LogP contribution in [0.1, 0.15) is 0 Å². The second-order valence-electron chi connectivity index (χ2n) is 4.58. The van der Waals surface area contributed by atoms with Gasteiger partial charge in [0.15, 0.2) is 0 Å². The molecule has 0 atom stereocenters. The third kappa shape index (κ3) is 1.65. The van der Waals surface area contributed by atoms with E-state index in [4.69, 9.17) is 0 Å². The molecule has 4 aromatic rings. The maximum atomic E-state index is 4.47. The lowest BCUT2D eigenvalue weighted by atomic mass is 10.2. The van der Waals surface area contributed by atoms with Crippen LogP contribution in [0.5, 0.6) is 0 Å². The predicted octanol–water partition coefficient (Wildman–Crippen LogP) is 4.34. The smallest absolute Gasteiger partial charge is 0.137 e. The monoisotopic (exact) mass is 323 g/mol. The molecule has 0 amide bonds. The van der Waals surface area contributed by atoms with E-state index in [1.807, 2.05) is 48.9 Å². The number of halogens is 1. The Labute approximate surface area is 124 Å². The molecule has 20 heavy (non-hydrogen) atoms. The Balaban J connectivity index is 2.22. The molecular formula is C16H10BrN3. The molecule has 0 aliphatic carbocycles. The number of hydrogen-bond acceptors (Lipinski definition) is 2. The van der Waals surface area contributed by atoms with Crippen molar-refractivity contribution in [3.8, 4) is 5.82 Å². The molecule has 0 radical (unpaired) electrons. The lowest BCUT2D eigenvalue weighted by Gasteiger charge is -2.05. The number of fused-ring (bicyclic) bond motifs is 3. The molecule has 3 aromatic heterocycles. The summed E-state index contributed by atoms with van der Waals surface area (Å²) in [4.78, 5) is 8.72. The van der Waals surface area contributed by atoms with Crippen molar-refractivity contribution in [1.29, 1.82) is 0 Å². The van der Waals surface area contributed by atoms with Crippen LogP contribution < -0.4 is 0 Å². The molecule has 4 rings (SSSR count). The van der Waals surface area contributed by atoms with E-state index in [1.54, 1.807) is 0 Å². The van der Waals surface area contributed by atoms with E-state index in [0.717, 1.165) is 21.3 Å². The molecular weight excluding hydrogens is 314 g/mol. The van der Waals surface area contributed by atoms with Gasteiger partial charge in [0.05, 0.1) is 17.2 Å². The van der Waals surface area contributed by atoms with Gasteiger partial charge in [0.1, 0.15) is 5.82 Å². The van der Waals surface area contributed by atoms with E-state index < -0.39 is 0 Å². The Morgan fingerprint density at radius 2 is 1.85 bits per heavy atom. The van der Waals surface area contributed by atoms with Gasteiger partial charge in [0, 0.05) is 27.6 Å². The molecule has 1 aromatic carbocycles. The predicted molar refractivity (Wildman–Crippen MR) is 84.1 cm³/mol. The van der Waals surface area contributed by atoms with Crippen LogP contribution in [-0.2, 0) is 0 Å². The summed E-state index contributed by atoms with van der Waals surface area (Å²) in [6, 6.07) is 14.3. The molecule has 3 nitrogen and oxygen atoms in total. The lowest BCUT2D eigenvalue weighted by molar-refractivity contribution is 1.07. The Hall–Kier alpha value is -2.20. The van der Waals surface area contributed by atoms with Crippen LogP contribution in [0.15, 0.2) is 65.5 Å². The highest BCUT2D eigenvalue weighted by Crippen LogP contribution is 2.32. The van der Waals surface area contributed by atoms with Crippen molar-refractivity contribution in [2.75, 3.05) is 0 Å². The SMILES string of the molecule is Brc1ccc2c(c1)c1ccncc1n2-c1ccccn1. The van der Waals surface area contributed by atoms with E-state index in [1.165, 1.54) is 10.8 Å². The molecule has 3 heterocycles. The van der Waals surface area contributed by atoms with Crippen LogP contribution >= 0.6 is 15.9 Å². The molecule has 4 heteroatoms. The first-order valence-electron chi connectivity index (χ1n) is 6.30. The maximum Gasteiger partial charge on any atom is 0.137 e. The van der Waals surface area contributed by atoms with Crippen LogP contribution in [0.2, 0.25) is 0 Å². The minimum Gasteiger partial charge on any atom is -0.292 e. The van der Waals surface area contributed by atoms with Crippen LogP contribution in [0.25, 0.3) is 27.6 Å². The summed E-state index contributed by atoms with van der Waals surface area (Å²) in [5.74, 6) is 0.905. The molecule has 0 spiro atoms. The Morgan fingerprint density at radius 3 is 2.70 bits per heavy atom. The van der Waals surface area contributed by atoms with Crippen molar-refractivity contribution < 1.29 is 0 Å². The highest BCUT2D eigenvalue weighted by molar-refractivity contribution is 9.10. The quantitative estimate of drug-likeness (QED) is 0.521. The number of nitrogens with zero attached hydrogens (tertiary/aromatic N) is 3. The Morgan fingerprint density at radius 1 is 0.900 bits per heavy atom. The van der Waals surface area contributed by atoms with Crippen molar-refractivity contribution in [3.63, 3.8) is 0 Å². The fourth-order valence-corrected chi connectivity index (χ4v) is 2.93. The normalized spacial score (nSPS) is 11.2. The number of rotatable bonds is 1. The van der Waals surface area contributed by atoms with E-state index in [0.29, 0.717) is 0 Å². The van der Waals surface area contributed by atoms with E-state index in [2.05, 4.69) is 42.6 Å². The van der Waals surface area contributed by atoms with Crippen LogP contribution in [0.3, 0.4) is 0 Å². The van der Waals surface area contributed by atoms with Crippen molar-refractivity contribution >= 4 is 37.7 Å². The van der Waals surface area contributed by atoms with Gasteiger partial charge < -0.3 is 0 Å². The molecule has 0 saturated heterocycles. The van der Waals surface area contributed by atoms with Crippen molar-refractivity contribution in [1.82, 2.24) is 14.5 Å². The summed E-state index contributed by atoms with van der Waals surface area (Å²) < 4.78 is 3.21. The molecule has 0 fully saturated rings. The van der Waals surface area contributed by atoms with Crippen molar-refractivity contribution in [3.05, 3.63) is 65.5 Å². The minimum atomic E-state index is 0.905. The number of benzene rings is 1. The average Bonchev–Trinajstić information content (AvgIpc) is 2.82. The summed E-state index contributed by atoms with van der Waals surface area (Å²) in [5, 5.41) is 2.38. The third-order valence-corrected chi connectivity index (χ3v) is 3.90. The maximum absolute atomic E-state index is 4.47. The largest absolute Gasteiger partial charge is 0.292 e. The summed E-state index contributed by atoms with van der Waals surface area (Å²) in [6.45, 7) is 0. The molecule has 0 aliphatic rings. The van der Waals surface area contributed by atoms with Crippen LogP contribution in [-0.4, -0.2) is 14.5 Å². The Bertz CT molecular complexity index is 913. The summed E-state index contributed by atoms with van der Waals surface area (Å²) in [6.07, 6.45) is 5.52. The molecule has 0 bridgehead atoms. The van der Waals surface area contributed by atoms with Gasteiger partial charge >= 0.3 is 0 Å². The highest BCUT2D eigenvalue weighted by atomic mass is 79.9. The standard InChI is InChI=1S/C16H10BrN3/c17-11-4-5-14-13(9-11)12-6-8-18-10-15(12)20(14)16-3-1-2-7-19-16/h1-10H. The number of pyridine rings is 2. The third-order valence-electron chi connectivity index (χ3n) is 3.41. The first-order chi connectivity index (χ1) is 9.84. The van der Waals surface area contributed by atoms with Gasteiger partial charge in [-0.05, 0) is 36.4 Å². The zero-order valence-corrected chi connectivity index (χ0v) is 12.1. The molecule has 0 unspecified atom stereocenters. The summed E-state index contributed by atoms with van der Waals surface area (Å²) >= 11 is 3.54. The van der Waals surface area contributed by atoms with Crippen LogP contribution in [0, 0.1) is 0 Å². The van der Waals surface area contributed by atoms with Gasteiger partial charge in [-0.3, -0.25) is 9.55 Å². The lowest BCUT2D eigenvalue weighted by Crippen LogP contribution is -1.96. The highest BCUT2D eigenvalue weighted by Gasteiger charge is 2.12. The topological polar surface area (TPSA) is 30.7 Å². The van der Waals surface area contributed by atoms with Gasteiger partial charge in [0.25, 0.3) is 0 Å². The van der Waals surface area contributed by atoms with Crippen molar-refractivity contribution in [2.24, 2.45) is 0 Å². The van der Waals surface area contributed by atoms with Gasteiger partial charge in [-0.2, -0.15) is 0 Å². The van der Waals surface area contributed by atoms with Gasteiger partial charge in [0.2, 0.25) is 0 Å². The summed E-state index contributed by atoms with van der Waals surface area (Å²) in [7, 11) is 0. The molecule has 0 N–H and O–H groups in total. The minimum absolute atomic E-state index is 0.905. The van der Waals surface area contributed by atoms with Crippen LogP contribution in [0.4, 0.5) is 0 Å². The van der Waals surface area contributed by atoms with Gasteiger partial charge in [-0.25, -0.2) is 4.98 Å². The fraction of sp³-hybridized carbons (Fsp3) is 0. The second kappa shape index (κ2) is 4.42. The molecule has 0 saturated carbocycles. The van der Waals surface area contributed by atoms with E-state index >= 15 is 0 Å². The number of aromatic nitrogens is 3. The molecule has 96 valence electrons. The zero-order valence-electron chi connectivity index (χ0n) is 10.5. The Kier molecular flexibility index (Phi) is 2.57. The summed E-state index contributed by atoms with van der Waals surface area (Å²) in [5.41, 5.74) is 2.20.